The minimum absolute atomic E-state index is 0.324. The Kier molecular flexibility index (Phi) is 11.2. The van der Waals surface area contributed by atoms with Crippen molar-refractivity contribution >= 4 is 5.69 Å². The number of anilines is 1. The van der Waals surface area contributed by atoms with Crippen LogP contribution in [-0.2, 0) is 6.54 Å². The summed E-state index contributed by atoms with van der Waals surface area (Å²) in [6.07, 6.45) is 9.43. The van der Waals surface area contributed by atoms with Crippen molar-refractivity contribution in [3.05, 3.63) is 84.4 Å². The lowest BCUT2D eigenvalue weighted by molar-refractivity contribution is 0.282. The molecule has 0 radical (unpaired) electrons. The second-order valence-electron chi connectivity index (χ2n) is 8.34. The van der Waals surface area contributed by atoms with Crippen LogP contribution in [0, 0.1) is 0 Å². The predicted octanol–water partition coefficient (Wildman–Crippen LogP) is 7.58. The van der Waals surface area contributed by atoms with Crippen molar-refractivity contribution in [1.29, 1.82) is 0 Å². The van der Waals surface area contributed by atoms with E-state index in [1.165, 1.54) is 37.7 Å². The molecule has 0 spiro atoms. The fourth-order valence-corrected chi connectivity index (χ4v) is 3.65. The summed E-state index contributed by atoms with van der Waals surface area (Å²) in [6.45, 7) is 1.88. The van der Waals surface area contributed by atoms with E-state index in [1.807, 2.05) is 54.6 Å². The fourth-order valence-electron chi connectivity index (χ4n) is 3.65. The van der Waals surface area contributed by atoms with Crippen molar-refractivity contribution in [1.82, 2.24) is 0 Å². The molecule has 176 valence electrons. The van der Waals surface area contributed by atoms with Crippen molar-refractivity contribution in [3.8, 4) is 17.2 Å². The van der Waals surface area contributed by atoms with Gasteiger partial charge in [-0.05, 0) is 66.9 Å². The van der Waals surface area contributed by atoms with Crippen LogP contribution >= 0.6 is 0 Å². The Hall–Kier alpha value is -2.98. The Morgan fingerprint density at radius 1 is 0.576 bits per heavy atom. The highest BCUT2D eigenvalue weighted by molar-refractivity contribution is 5.47. The average Bonchev–Trinajstić information content (AvgIpc) is 2.86. The lowest BCUT2D eigenvalue weighted by Gasteiger charge is -2.10. The zero-order valence-corrected chi connectivity index (χ0v) is 19.5. The Balaban J connectivity index is 1.30. The second kappa shape index (κ2) is 15.0. The van der Waals surface area contributed by atoms with Crippen LogP contribution in [0.3, 0.4) is 0 Å². The molecule has 0 saturated heterocycles. The predicted molar refractivity (Wildman–Crippen MR) is 136 cm³/mol. The summed E-state index contributed by atoms with van der Waals surface area (Å²) in [5.41, 5.74) is 2.32. The number of benzene rings is 3. The molecule has 0 aliphatic heterocycles. The third-order valence-corrected chi connectivity index (χ3v) is 5.57. The molecule has 4 heteroatoms. The summed E-state index contributed by atoms with van der Waals surface area (Å²) in [7, 11) is 0. The van der Waals surface area contributed by atoms with Crippen LogP contribution in [0.4, 0.5) is 5.69 Å². The maximum atomic E-state index is 8.77. The number of hydrogen-bond donors (Lipinski definition) is 2. The highest BCUT2D eigenvalue weighted by Crippen LogP contribution is 2.25. The summed E-state index contributed by atoms with van der Waals surface area (Å²) >= 11 is 0. The van der Waals surface area contributed by atoms with Gasteiger partial charge in [0, 0.05) is 18.8 Å². The van der Waals surface area contributed by atoms with Crippen LogP contribution in [0.15, 0.2) is 78.9 Å². The highest BCUT2D eigenvalue weighted by Gasteiger charge is 2.01. The first kappa shape index (κ1) is 24.7. The summed E-state index contributed by atoms with van der Waals surface area (Å²) in [4.78, 5) is 0. The van der Waals surface area contributed by atoms with Crippen molar-refractivity contribution < 1.29 is 14.6 Å². The van der Waals surface area contributed by atoms with Gasteiger partial charge in [0.2, 0.25) is 0 Å². The van der Waals surface area contributed by atoms with Crippen LogP contribution in [0.5, 0.6) is 17.2 Å². The topological polar surface area (TPSA) is 50.7 Å². The number of aliphatic hydroxyl groups is 1. The molecule has 0 aromatic heterocycles. The van der Waals surface area contributed by atoms with E-state index in [0.717, 1.165) is 55.4 Å². The van der Waals surface area contributed by atoms with E-state index in [2.05, 4.69) is 29.6 Å². The van der Waals surface area contributed by atoms with Crippen molar-refractivity contribution in [2.75, 3.05) is 18.5 Å². The molecule has 0 atom stereocenters. The molecular formula is C29H37NO3. The van der Waals surface area contributed by atoms with Gasteiger partial charge in [-0.15, -0.1) is 0 Å². The van der Waals surface area contributed by atoms with Crippen molar-refractivity contribution in [2.24, 2.45) is 0 Å². The van der Waals surface area contributed by atoms with E-state index in [4.69, 9.17) is 14.6 Å². The lowest BCUT2D eigenvalue weighted by Crippen LogP contribution is -1.98. The summed E-state index contributed by atoms with van der Waals surface area (Å²) in [5.74, 6) is 2.49. The molecule has 0 unspecified atom stereocenters. The molecule has 33 heavy (non-hydrogen) atoms. The maximum absolute atomic E-state index is 8.77. The monoisotopic (exact) mass is 447 g/mol. The third kappa shape index (κ3) is 10.0. The molecule has 0 aliphatic rings. The van der Waals surface area contributed by atoms with Gasteiger partial charge in [0.15, 0.2) is 0 Å². The average molecular weight is 448 g/mol. The zero-order valence-electron chi connectivity index (χ0n) is 19.5. The van der Waals surface area contributed by atoms with E-state index in [1.54, 1.807) is 0 Å². The standard InChI is InChI=1S/C29H37NO3/c31-22-10-5-3-1-2-4-6-11-23-32-27-18-20-29(21-19-27)33-28-16-14-26(15-17-28)30-24-25-12-8-7-9-13-25/h7-9,12-21,30-31H,1-6,10-11,22-24H2. The zero-order chi connectivity index (χ0) is 23.0. The lowest BCUT2D eigenvalue weighted by atomic mass is 10.1. The van der Waals surface area contributed by atoms with Crippen LogP contribution in [0.25, 0.3) is 0 Å². The minimum Gasteiger partial charge on any atom is -0.494 e. The van der Waals surface area contributed by atoms with Gasteiger partial charge in [-0.1, -0.05) is 68.9 Å². The van der Waals surface area contributed by atoms with Gasteiger partial charge >= 0.3 is 0 Å². The van der Waals surface area contributed by atoms with Gasteiger partial charge in [-0.25, -0.2) is 0 Å². The number of aliphatic hydroxyl groups excluding tert-OH is 1. The van der Waals surface area contributed by atoms with Gasteiger partial charge < -0.3 is 19.9 Å². The number of ether oxygens (including phenoxy) is 2. The first-order valence-corrected chi connectivity index (χ1v) is 12.2. The van der Waals surface area contributed by atoms with Crippen molar-refractivity contribution in [3.63, 3.8) is 0 Å². The van der Waals surface area contributed by atoms with E-state index >= 15 is 0 Å². The van der Waals surface area contributed by atoms with E-state index in [0.29, 0.717) is 6.61 Å². The second-order valence-corrected chi connectivity index (χ2v) is 8.34. The van der Waals surface area contributed by atoms with Crippen LogP contribution in [0.2, 0.25) is 0 Å². The number of unbranched alkanes of at least 4 members (excludes halogenated alkanes) is 7. The Bertz CT molecular complexity index is 879. The molecule has 3 aromatic carbocycles. The number of nitrogens with one attached hydrogen (secondary N) is 1. The summed E-state index contributed by atoms with van der Waals surface area (Å²) < 4.78 is 11.8. The quantitative estimate of drug-likeness (QED) is 0.222. The molecule has 2 N–H and O–H groups in total. The largest absolute Gasteiger partial charge is 0.494 e. The Morgan fingerprint density at radius 2 is 1.12 bits per heavy atom. The SMILES string of the molecule is OCCCCCCCCCCOc1ccc(Oc2ccc(NCc3ccccc3)cc2)cc1. The van der Waals surface area contributed by atoms with E-state index in [9.17, 15) is 0 Å². The van der Waals surface area contributed by atoms with Gasteiger partial charge in [0.05, 0.1) is 6.61 Å². The minimum atomic E-state index is 0.324. The summed E-state index contributed by atoms with van der Waals surface area (Å²) in [6, 6.07) is 26.2. The van der Waals surface area contributed by atoms with Crippen LogP contribution in [-0.4, -0.2) is 18.3 Å². The molecule has 0 amide bonds. The smallest absolute Gasteiger partial charge is 0.127 e. The van der Waals surface area contributed by atoms with Gasteiger partial charge in [0.1, 0.15) is 17.2 Å². The molecule has 0 heterocycles. The van der Waals surface area contributed by atoms with E-state index in [-0.39, 0.29) is 0 Å². The number of hydrogen-bond acceptors (Lipinski definition) is 4. The Labute approximate surface area is 198 Å². The normalized spacial score (nSPS) is 10.7. The summed E-state index contributed by atoms with van der Waals surface area (Å²) in [5, 5.41) is 12.2. The fraction of sp³-hybridized carbons (Fsp3) is 0.379. The van der Waals surface area contributed by atoms with Gasteiger partial charge in [-0.3, -0.25) is 0 Å². The number of rotatable bonds is 16. The first-order valence-electron chi connectivity index (χ1n) is 12.2. The molecule has 4 nitrogen and oxygen atoms in total. The van der Waals surface area contributed by atoms with Crippen molar-refractivity contribution in [2.45, 2.75) is 57.9 Å². The molecule has 3 rings (SSSR count). The molecule has 0 saturated carbocycles. The Morgan fingerprint density at radius 3 is 1.76 bits per heavy atom. The molecule has 0 bridgehead atoms. The van der Waals surface area contributed by atoms with Crippen LogP contribution < -0.4 is 14.8 Å². The first-order chi connectivity index (χ1) is 16.3. The molecular weight excluding hydrogens is 410 g/mol. The molecule has 0 aliphatic carbocycles. The van der Waals surface area contributed by atoms with Gasteiger partial charge in [0.25, 0.3) is 0 Å². The molecule has 3 aromatic rings. The third-order valence-electron chi connectivity index (χ3n) is 5.57. The van der Waals surface area contributed by atoms with E-state index < -0.39 is 0 Å². The van der Waals surface area contributed by atoms with Gasteiger partial charge in [-0.2, -0.15) is 0 Å². The highest BCUT2D eigenvalue weighted by atomic mass is 16.5. The maximum Gasteiger partial charge on any atom is 0.127 e. The van der Waals surface area contributed by atoms with Crippen LogP contribution in [0.1, 0.15) is 56.9 Å². The molecule has 0 fully saturated rings.